The molecule has 18 heavy (non-hydrogen) atoms. The highest BCUT2D eigenvalue weighted by atomic mass is 15.4. The number of hydrogen-bond donors (Lipinski definition) is 0. The first-order valence-corrected chi connectivity index (χ1v) is 5.44. The number of rotatable bonds is 4. The Kier molecular flexibility index (Phi) is 3.80. The van der Waals surface area contributed by atoms with Crippen LogP contribution < -0.4 is 0 Å². The Bertz CT molecular complexity index is 527. The summed E-state index contributed by atoms with van der Waals surface area (Å²) in [6, 6.07) is 3.81. The van der Waals surface area contributed by atoms with Crippen molar-refractivity contribution in [2.24, 2.45) is 5.10 Å². The zero-order chi connectivity index (χ0) is 12.8. The summed E-state index contributed by atoms with van der Waals surface area (Å²) < 4.78 is 1.57. The molecular formula is C12H14N6. The maximum Gasteiger partial charge on any atom is 0.141 e. The lowest BCUT2D eigenvalue weighted by atomic mass is 10.1. The molecule has 0 aromatic carbocycles. The fourth-order valence-electron chi connectivity index (χ4n) is 1.30. The summed E-state index contributed by atoms with van der Waals surface area (Å²) in [6.07, 6.45) is 10.4. The molecule has 0 bridgehead atoms. The second-order valence-electron chi connectivity index (χ2n) is 3.84. The molecule has 0 amide bonds. The van der Waals surface area contributed by atoms with Crippen LogP contribution in [0.3, 0.4) is 0 Å². The molecule has 0 saturated heterocycles. The van der Waals surface area contributed by atoms with Crippen LogP contribution in [0, 0.1) is 0 Å². The number of pyridine rings is 1. The molecule has 0 unspecified atom stereocenters. The van der Waals surface area contributed by atoms with Gasteiger partial charge in [0.25, 0.3) is 0 Å². The van der Waals surface area contributed by atoms with Crippen molar-refractivity contribution < 1.29 is 0 Å². The third-order valence-electron chi connectivity index (χ3n) is 2.14. The average Bonchev–Trinajstić information content (AvgIpc) is 2.88. The second kappa shape index (κ2) is 5.72. The summed E-state index contributed by atoms with van der Waals surface area (Å²) in [6.45, 7) is 0. The maximum atomic E-state index is 4.43. The molecule has 0 aliphatic heterocycles. The molecule has 0 radical (unpaired) electrons. The van der Waals surface area contributed by atoms with Gasteiger partial charge >= 0.3 is 0 Å². The van der Waals surface area contributed by atoms with Crippen LogP contribution in [0.2, 0.25) is 0 Å². The van der Waals surface area contributed by atoms with Crippen LogP contribution in [0.15, 0.2) is 54.6 Å². The van der Waals surface area contributed by atoms with Gasteiger partial charge in [-0.15, -0.1) is 10.2 Å². The molecule has 0 aliphatic rings. The van der Waals surface area contributed by atoms with Crippen molar-refractivity contribution in [3.05, 3.63) is 55.0 Å². The minimum absolute atomic E-state index is 0.811. The second-order valence-corrected chi connectivity index (χ2v) is 3.84. The third kappa shape index (κ3) is 3.24. The molecule has 0 N–H and O–H groups in total. The number of aromatic nitrogens is 4. The van der Waals surface area contributed by atoms with Gasteiger partial charge in [-0.2, -0.15) is 5.10 Å². The molecule has 0 spiro atoms. The Labute approximate surface area is 105 Å². The largest absolute Gasteiger partial charge is 0.383 e. The van der Waals surface area contributed by atoms with E-state index in [0.29, 0.717) is 0 Å². The van der Waals surface area contributed by atoms with Crippen LogP contribution in [0.5, 0.6) is 0 Å². The fourth-order valence-corrected chi connectivity index (χ4v) is 1.30. The van der Waals surface area contributed by atoms with E-state index in [-0.39, 0.29) is 0 Å². The first-order valence-electron chi connectivity index (χ1n) is 5.44. The molecule has 6 heteroatoms. The zero-order valence-corrected chi connectivity index (χ0v) is 10.3. The van der Waals surface area contributed by atoms with Gasteiger partial charge in [-0.05, 0) is 18.2 Å². The first-order chi connectivity index (χ1) is 8.75. The van der Waals surface area contributed by atoms with E-state index in [1.165, 1.54) is 0 Å². The van der Waals surface area contributed by atoms with E-state index in [0.717, 1.165) is 11.3 Å². The molecule has 2 rings (SSSR count). The van der Waals surface area contributed by atoms with Gasteiger partial charge < -0.3 is 4.90 Å². The molecule has 6 nitrogen and oxygen atoms in total. The number of nitrogens with zero attached hydrogens (tertiary/aromatic N) is 6. The van der Waals surface area contributed by atoms with Gasteiger partial charge in [0.15, 0.2) is 0 Å². The lowest BCUT2D eigenvalue weighted by Gasteiger charge is -2.05. The van der Waals surface area contributed by atoms with Gasteiger partial charge in [0, 0.05) is 38.3 Å². The van der Waals surface area contributed by atoms with E-state index in [4.69, 9.17) is 0 Å². The van der Waals surface area contributed by atoms with E-state index in [2.05, 4.69) is 20.3 Å². The van der Waals surface area contributed by atoms with Crippen LogP contribution in [0.1, 0.15) is 5.56 Å². The van der Waals surface area contributed by atoms with Crippen LogP contribution in [-0.4, -0.2) is 44.6 Å². The standard InChI is InChI=1S/C12H14N6/c1-17(2)8-5-12(11-3-6-13-7-4-11)16-18-9-14-15-10-18/h3-10H,1-2H3. The predicted octanol–water partition coefficient (Wildman–Crippen LogP) is 1.00. The Hall–Kier alpha value is -2.50. The first kappa shape index (κ1) is 12.0. The summed E-state index contributed by atoms with van der Waals surface area (Å²) >= 11 is 0. The van der Waals surface area contributed by atoms with Gasteiger partial charge in [0.1, 0.15) is 12.7 Å². The van der Waals surface area contributed by atoms with Crippen LogP contribution in [0.4, 0.5) is 0 Å². The lowest BCUT2D eigenvalue weighted by molar-refractivity contribution is 0.564. The summed E-state index contributed by atoms with van der Waals surface area (Å²) in [4.78, 5) is 5.95. The molecule has 0 aliphatic carbocycles. The monoisotopic (exact) mass is 242 g/mol. The quantitative estimate of drug-likeness (QED) is 0.750. The van der Waals surface area contributed by atoms with Crippen molar-refractivity contribution in [2.75, 3.05) is 14.1 Å². The molecular weight excluding hydrogens is 228 g/mol. The van der Waals surface area contributed by atoms with E-state index in [1.807, 2.05) is 43.4 Å². The van der Waals surface area contributed by atoms with E-state index < -0.39 is 0 Å². The highest BCUT2D eigenvalue weighted by Crippen LogP contribution is 2.02. The topological polar surface area (TPSA) is 59.2 Å². The summed E-state index contributed by atoms with van der Waals surface area (Å²) in [5.74, 6) is 0. The number of allylic oxidation sites excluding steroid dienone is 1. The Balaban J connectivity index is 2.35. The van der Waals surface area contributed by atoms with Gasteiger partial charge in [0.05, 0.1) is 5.71 Å². The van der Waals surface area contributed by atoms with Gasteiger partial charge in [-0.3, -0.25) is 4.98 Å². The van der Waals surface area contributed by atoms with Crippen LogP contribution in [0.25, 0.3) is 0 Å². The predicted molar refractivity (Wildman–Crippen MR) is 69.0 cm³/mol. The number of hydrogen-bond acceptors (Lipinski definition) is 5. The molecule has 0 atom stereocenters. The van der Waals surface area contributed by atoms with Crippen molar-refractivity contribution in [2.45, 2.75) is 0 Å². The van der Waals surface area contributed by atoms with E-state index >= 15 is 0 Å². The summed E-state index contributed by atoms with van der Waals surface area (Å²) in [7, 11) is 3.92. The molecule has 2 heterocycles. The minimum atomic E-state index is 0.811. The van der Waals surface area contributed by atoms with Gasteiger partial charge in [-0.1, -0.05) is 0 Å². The molecule has 0 fully saturated rings. The highest BCUT2D eigenvalue weighted by molar-refractivity contribution is 6.08. The molecule has 0 saturated carbocycles. The highest BCUT2D eigenvalue weighted by Gasteiger charge is 2.00. The van der Waals surface area contributed by atoms with Crippen molar-refractivity contribution >= 4 is 5.71 Å². The SMILES string of the molecule is CN(C)C=CC(=Nn1cnnc1)c1ccncc1. The Morgan fingerprint density at radius 1 is 1.22 bits per heavy atom. The summed E-state index contributed by atoms with van der Waals surface area (Å²) in [5, 5.41) is 11.9. The summed E-state index contributed by atoms with van der Waals surface area (Å²) in [5.41, 5.74) is 1.79. The van der Waals surface area contributed by atoms with E-state index in [9.17, 15) is 0 Å². The zero-order valence-electron chi connectivity index (χ0n) is 10.3. The van der Waals surface area contributed by atoms with Crippen molar-refractivity contribution in [3.63, 3.8) is 0 Å². The Morgan fingerprint density at radius 3 is 2.50 bits per heavy atom. The smallest absolute Gasteiger partial charge is 0.141 e. The van der Waals surface area contributed by atoms with Crippen molar-refractivity contribution in [3.8, 4) is 0 Å². The lowest BCUT2D eigenvalue weighted by Crippen LogP contribution is -2.05. The average molecular weight is 242 g/mol. The van der Waals surface area contributed by atoms with Crippen molar-refractivity contribution in [1.82, 2.24) is 24.8 Å². The van der Waals surface area contributed by atoms with Crippen LogP contribution >= 0.6 is 0 Å². The minimum Gasteiger partial charge on any atom is -0.383 e. The Morgan fingerprint density at radius 2 is 1.89 bits per heavy atom. The third-order valence-corrected chi connectivity index (χ3v) is 2.14. The normalized spacial score (nSPS) is 12.0. The van der Waals surface area contributed by atoms with Gasteiger partial charge in [0.2, 0.25) is 0 Å². The maximum absolute atomic E-state index is 4.43. The van der Waals surface area contributed by atoms with Crippen molar-refractivity contribution in [1.29, 1.82) is 0 Å². The van der Waals surface area contributed by atoms with E-state index in [1.54, 1.807) is 29.7 Å². The molecule has 92 valence electrons. The van der Waals surface area contributed by atoms with Crippen LogP contribution in [-0.2, 0) is 0 Å². The fraction of sp³-hybridized carbons (Fsp3) is 0.167. The molecule has 2 aromatic rings. The molecule has 2 aromatic heterocycles. The van der Waals surface area contributed by atoms with Gasteiger partial charge in [-0.25, -0.2) is 4.68 Å².